The van der Waals surface area contributed by atoms with E-state index in [0.717, 1.165) is 17.9 Å². The molecule has 0 bridgehead atoms. The molecule has 0 heterocycles. The molecule has 0 fully saturated rings. The average Bonchev–Trinajstić information content (AvgIpc) is 2.06. The van der Waals surface area contributed by atoms with E-state index in [1.807, 2.05) is 13.0 Å². The number of nitrogens with two attached hydrogens (primary N) is 1. The summed E-state index contributed by atoms with van der Waals surface area (Å²) in [5.41, 5.74) is 5.06. The van der Waals surface area contributed by atoms with Crippen molar-refractivity contribution < 1.29 is 4.84 Å². The molecule has 0 radical (unpaired) electrons. The van der Waals surface area contributed by atoms with Gasteiger partial charge < -0.3 is 10.6 Å². The Morgan fingerprint density at radius 2 is 2.42 bits per heavy atom. The summed E-state index contributed by atoms with van der Waals surface area (Å²) in [5, 5.41) is 3.52. The highest BCUT2D eigenvalue weighted by Gasteiger charge is 2.08. The summed E-state index contributed by atoms with van der Waals surface area (Å²) in [6.45, 7) is 4.02. The Balaban J connectivity index is 3.97. The van der Waals surface area contributed by atoms with Crippen LogP contribution in [0.1, 0.15) is 13.8 Å². The molecule has 12 heavy (non-hydrogen) atoms. The Labute approximate surface area is 78.0 Å². The van der Waals surface area contributed by atoms with Gasteiger partial charge >= 0.3 is 0 Å². The maximum absolute atomic E-state index is 5.06. The van der Waals surface area contributed by atoms with E-state index in [2.05, 4.69) is 18.3 Å². The molecule has 4 heteroatoms. The minimum absolute atomic E-state index is 0.383. The van der Waals surface area contributed by atoms with Crippen molar-refractivity contribution in [2.75, 3.05) is 12.0 Å². The number of hydrogen-bond acceptors (Lipinski definition) is 3. The molecule has 0 saturated heterocycles. The fourth-order valence-corrected chi connectivity index (χ4v) is 1.51. The van der Waals surface area contributed by atoms with E-state index in [1.54, 1.807) is 11.8 Å². The minimum atomic E-state index is 0.383. The maximum Gasteiger partial charge on any atom is 0.134 e. The molecule has 0 aliphatic rings. The molecule has 1 unspecified atom stereocenters. The van der Waals surface area contributed by atoms with E-state index < -0.39 is 0 Å². The molecule has 0 spiro atoms. The summed E-state index contributed by atoms with van der Waals surface area (Å²) >= 11 is 1.78. The predicted molar refractivity (Wildman–Crippen MR) is 55.1 cm³/mol. The van der Waals surface area contributed by atoms with E-state index in [1.165, 1.54) is 0 Å². The molecule has 3 nitrogen and oxygen atoms in total. The molecule has 0 aliphatic heterocycles. The van der Waals surface area contributed by atoms with Crippen LogP contribution < -0.4 is 5.73 Å². The van der Waals surface area contributed by atoms with Crippen LogP contribution in [0.15, 0.2) is 17.0 Å². The standard InChI is InChI=1S/C8H16N2OS/c1-4-8(11-10-6-9)7(2)5-12-3/h4,6-7H,5H2,1-3H3,(H2,9,10). The van der Waals surface area contributed by atoms with Crippen molar-refractivity contribution in [3.63, 3.8) is 0 Å². The van der Waals surface area contributed by atoms with Gasteiger partial charge in [-0.2, -0.15) is 11.8 Å². The highest BCUT2D eigenvalue weighted by atomic mass is 32.2. The quantitative estimate of drug-likeness (QED) is 0.310. The number of thioether (sulfide) groups is 1. The van der Waals surface area contributed by atoms with Crippen molar-refractivity contribution in [1.82, 2.24) is 0 Å². The summed E-state index contributed by atoms with van der Waals surface area (Å²) in [4.78, 5) is 5.05. The van der Waals surface area contributed by atoms with E-state index in [-0.39, 0.29) is 0 Å². The normalized spacial score (nSPS) is 15.1. The van der Waals surface area contributed by atoms with Gasteiger partial charge in [0.15, 0.2) is 0 Å². The van der Waals surface area contributed by atoms with Crippen LogP contribution in [0.5, 0.6) is 0 Å². The number of rotatable bonds is 5. The lowest BCUT2D eigenvalue weighted by molar-refractivity contribution is 0.199. The Bertz CT molecular complexity index is 168. The van der Waals surface area contributed by atoms with Crippen molar-refractivity contribution in [3.8, 4) is 0 Å². The molecule has 2 N–H and O–H groups in total. The molecule has 0 aromatic heterocycles. The highest BCUT2D eigenvalue weighted by Crippen LogP contribution is 2.16. The van der Waals surface area contributed by atoms with E-state index in [4.69, 9.17) is 10.6 Å². The Morgan fingerprint density at radius 3 is 2.83 bits per heavy atom. The lowest BCUT2D eigenvalue weighted by Gasteiger charge is -2.10. The molecule has 0 rings (SSSR count). The monoisotopic (exact) mass is 188 g/mol. The van der Waals surface area contributed by atoms with E-state index in [9.17, 15) is 0 Å². The minimum Gasteiger partial charge on any atom is -0.387 e. The Kier molecular flexibility index (Phi) is 6.66. The fraction of sp³-hybridized carbons (Fsp3) is 0.625. The van der Waals surface area contributed by atoms with Gasteiger partial charge in [0, 0.05) is 11.7 Å². The van der Waals surface area contributed by atoms with Gasteiger partial charge in [0.1, 0.15) is 12.1 Å². The Morgan fingerprint density at radius 1 is 1.75 bits per heavy atom. The summed E-state index contributed by atoms with van der Waals surface area (Å²) < 4.78 is 0. The number of allylic oxidation sites excluding steroid dienone is 2. The smallest absolute Gasteiger partial charge is 0.134 e. The first-order valence-electron chi connectivity index (χ1n) is 3.82. The number of oxime groups is 1. The molecule has 70 valence electrons. The SMILES string of the molecule is CC=C(O/N=C\N)C(C)CSC. The third-order valence-corrected chi connectivity index (χ3v) is 2.24. The lowest BCUT2D eigenvalue weighted by atomic mass is 10.2. The van der Waals surface area contributed by atoms with Crippen molar-refractivity contribution in [2.45, 2.75) is 13.8 Å². The summed E-state index contributed by atoms with van der Waals surface area (Å²) in [5.74, 6) is 2.28. The van der Waals surface area contributed by atoms with Crippen molar-refractivity contribution in [3.05, 3.63) is 11.8 Å². The molecule has 0 saturated carbocycles. The van der Waals surface area contributed by atoms with Gasteiger partial charge in [0.2, 0.25) is 0 Å². The van der Waals surface area contributed by atoms with Gasteiger partial charge in [0.05, 0.1) is 0 Å². The van der Waals surface area contributed by atoms with Crippen LogP contribution in [-0.2, 0) is 4.84 Å². The second-order valence-electron chi connectivity index (χ2n) is 2.39. The number of hydrogen-bond donors (Lipinski definition) is 1. The first-order valence-corrected chi connectivity index (χ1v) is 5.21. The van der Waals surface area contributed by atoms with Crippen LogP contribution in [0, 0.1) is 5.92 Å². The van der Waals surface area contributed by atoms with Crippen molar-refractivity contribution in [2.24, 2.45) is 16.8 Å². The van der Waals surface area contributed by atoms with Crippen LogP contribution in [0.4, 0.5) is 0 Å². The topological polar surface area (TPSA) is 47.6 Å². The molecule has 0 aliphatic carbocycles. The summed E-state index contributed by atoms with van der Waals surface area (Å²) in [7, 11) is 0. The van der Waals surface area contributed by atoms with Gasteiger partial charge in [0.25, 0.3) is 0 Å². The van der Waals surface area contributed by atoms with Gasteiger partial charge in [-0.05, 0) is 19.3 Å². The maximum atomic E-state index is 5.06. The highest BCUT2D eigenvalue weighted by molar-refractivity contribution is 7.98. The van der Waals surface area contributed by atoms with Crippen LogP contribution in [0.3, 0.4) is 0 Å². The fourth-order valence-electron chi connectivity index (χ4n) is 0.851. The molecule has 0 amide bonds. The largest absolute Gasteiger partial charge is 0.387 e. The van der Waals surface area contributed by atoms with Crippen molar-refractivity contribution in [1.29, 1.82) is 0 Å². The van der Waals surface area contributed by atoms with Crippen LogP contribution >= 0.6 is 11.8 Å². The van der Waals surface area contributed by atoms with Gasteiger partial charge in [-0.25, -0.2) is 0 Å². The van der Waals surface area contributed by atoms with E-state index in [0.29, 0.717) is 5.92 Å². The van der Waals surface area contributed by atoms with Crippen LogP contribution in [0.25, 0.3) is 0 Å². The number of nitrogens with zero attached hydrogens (tertiary/aromatic N) is 1. The zero-order valence-electron chi connectivity index (χ0n) is 7.78. The zero-order valence-corrected chi connectivity index (χ0v) is 8.60. The Hall–Kier alpha value is -0.640. The van der Waals surface area contributed by atoms with Crippen molar-refractivity contribution >= 4 is 18.1 Å². The third-order valence-electron chi connectivity index (χ3n) is 1.41. The van der Waals surface area contributed by atoms with Gasteiger partial charge in [-0.1, -0.05) is 12.1 Å². The molecule has 0 aromatic carbocycles. The first-order chi connectivity index (χ1) is 5.76. The molecule has 1 atom stereocenters. The van der Waals surface area contributed by atoms with E-state index >= 15 is 0 Å². The average molecular weight is 188 g/mol. The summed E-state index contributed by atoms with van der Waals surface area (Å²) in [6, 6.07) is 0. The lowest BCUT2D eigenvalue weighted by Crippen LogP contribution is -2.04. The van der Waals surface area contributed by atoms with Gasteiger partial charge in [-0.3, -0.25) is 0 Å². The van der Waals surface area contributed by atoms with Crippen LogP contribution in [-0.4, -0.2) is 18.3 Å². The zero-order chi connectivity index (χ0) is 9.40. The second kappa shape index (κ2) is 7.03. The van der Waals surface area contributed by atoms with Gasteiger partial charge in [-0.15, -0.1) is 0 Å². The molecular formula is C8H16N2OS. The molecular weight excluding hydrogens is 172 g/mol. The van der Waals surface area contributed by atoms with Crippen LogP contribution in [0.2, 0.25) is 0 Å². The second-order valence-corrected chi connectivity index (χ2v) is 3.30. The molecule has 0 aromatic rings. The predicted octanol–water partition coefficient (Wildman–Crippen LogP) is 1.81. The first kappa shape index (κ1) is 11.4. The third kappa shape index (κ3) is 4.28. The summed E-state index contributed by atoms with van der Waals surface area (Å²) in [6.07, 6.45) is 5.12.